The highest BCUT2D eigenvalue weighted by Crippen LogP contribution is 2.16. The summed E-state index contributed by atoms with van der Waals surface area (Å²) in [6.45, 7) is 0. The third kappa shape index (κ3) is 4.75. The molecule has 1 N–H and O–H groups in total. The Labute approximate surface area is 127 Å². The van der Waals surface area contributed by atoms with Gasteiger partial charge in [-0.25, -0.2) is 9.98 Å². The zero-order chi connectivity index (χ0) is 15.8. The molecule has 0 aliphatic carbocycles. The van der Waals surface area contributed by atoms with E-state index < -0.39 is 17.7 Å². The van der Waals surface area contributed by atoms with Gasteiger partial charge in [0, 0.05) is 12.1 Å². The van der Waals surface area contributed by atoms with Crippen LogP contribution in [0.5, 0.6) is 0 Å². The van der Waals surface area contributed by atoms with Gasteiger partial charge in [-0.2, -0.15) is 0 Å². The predicted molar refractivity (Wildman–Crippen MR) is 84.9 cm³/mol. The van der Waals surface area contributed by atoms with Crippen LogP contribution >= 0.6 is 0 Å². The second-order valence-corrected chi connectivity index (χ2v) is 4.32. The lowest BCUT2D eigenvalue weighted by molar-refractivity contribution is -0.117. The Balaban J connectivity index is 2.31. The van der Waals surface area contributed by atoms with Gasteiger partial charge in [0.2, 0.25) is 5.91 Å². The average molecular weight is 295 g/mol. The average Bonchev–Trinajstić information content (AvgIpc) is 2.51. The number of nitrogens with one attached hydrogen (secondary N) is 1. The Morgan fingerprint density at radius 2 is 1.77 bits per heavy atom. The van der Waals surface area contributed by atoms with Crippen LogP contribution in [-0.4, -0.2) is 30.2 Å². The number of para-hydroxylation sites is 1. The Bertz CT molecular complexity index is 715. The van der Waals surface area contributed by atoms with Gasteiger partial charge in [-0.3, -0.25) is 14.4 Å². The number of hydrogen-bond donors (Lipinski definition) is 1. The fourth-order valence-electron chi connectivity index (χ4n) is 1.66. The number of nitrogens with zero attached hydrogens (tertiary/aromatic N) is 2. The summed E-state index contributed by atoms with van der Waals surface area (Å²) >= 11 is 0. The van der Waals surface area contributed by atoms with E-state index in [0.29, 0.717) is 5.69 Å². The topological polar surface area (TPSA) is 88.0 Å². The van der Waals surface area contributed by atoms with E-state index in [2.05, 4.69) is 15.3 Å². The van der Waals surface area contributed by atoms with Crippen LogP contribution in [0.3, 0.4) is 0 Å². The smallest absolute Gasteiger partial charge is 0.288 e. The molecule has 22 heavy (non-hydrogen) atoms. The van der Waals surface area contributed by atoms with E-state index in [4.69, 9.17) is 0 Å². The molecule has 6 heteroatoms. The van der Waals surface area contributed by atoms with Gasteiger partial charge in [-0.05, 0) is 11.6 Å². The molecule has 1 aliphatic heterocycles. The van der Waals surface area contributed by atoms with Crippen molar-refractivity contribution in [2.75, 3.05) is 5.32 Å². The number of rotatable bonds is 0. The van der Waals surface area contributed by atoms with E-state index >= 15 is 0 Å². The summed E-state index contributed by atoms with van der Waals surface area (Å²) in [6.07, 6.45) is 8.61. The molecular weight excluding hydrogens is 282 g/mol. The molecule has 110 valence electrons. The first-order valence-corrected chi connectivity index (χ1v) is 6.53. The maximum Gasteiger partial charge on any atom is 0.288 e. The van der Waals surface area contributed by atoms with Crippen LogP contribution in [0.4, 0.5) is 5.69 Å². The van der Waals surface area contributed by atoms with E-state index in [9.17, 15) is 14.4 Å². The van der Waals surface area contributed by atoms with Gasteiger partial charge in [0.15, 0.2) is 0 Å². The molecule has 1 heterocycles. The lowest BCUT2D eigenvalue weighted by atomic mass is 10.1. The molecule has 0 aromatic heterocycles. The molecule has 0 saturated carbocycles. The molecule has 2 rings (SSSR count). The molecule has 1 aliphatic rings. The van der Waals surface area contributed by atoms with Crippen molar-refractivity contribution in [3.05, 3.63) is 48.1 Å². The summed E-state index contributed by atoms with van der Waals surface area (Å²) in [7, 11) is 0. The quantitative estimate of drug-likeness (QED) is 0.791. The highest BCUT2D eigenvalue weighted by molar-refractivity contribution is 6.38. The second kappa shape index (κ2) is 7.58. The van der Waals surface area contributed by atoms with E-state index in [1.165, 1.54) is 0 Å². The minimum absolute atomic E-state index is 0.0800. The predicted octanol–water partition coefficient (Wildman–Crippen LogP) is 1.79. The molecule has 6 nitrogen and oxygen atoms in total. The third-order valence-corrected chi connectivity index (χ3v) is 2.66. The van der Waals surface area contributed by atoms with Gasteiger partial charge < -0.3 is 5.32 Å². The van der Waals surface area contributed by atoms with E-state index in [1.54, 1.807) is 36.4 Å². The zero-order valence-corrected chi connectivity index (χ0v) is 11.6. The fourth-order valence-corrected chi connectivity index (χ4v) is 1.66. The highest BCUT2D eigenvalue weighted by atomic mass is 16.2. The number of carbonyl (C=O) groups is 3. The van der Waals surface area contributed by atoms with Crippen LogP contribution in [0.25, 0.3) is 6.08 Å². The summed E-state index contributed by atoms with van der Waals surface area (Å²) in [5, 5.41) is 2.63. The van der Waals surface area contributed by atoms with E-state index in [0.717, 1.165) is 18.0 Å². The number of hydrogen-bond acceptors (Lipinski definition) is 3. The minimum atomic E-state index is -0.770. The zero-order valence-electron chi connectivity index (χ0n) is 11.6. The van der Waals surface area contributed by atoms with E-state index in [-0.39, 0.29) is 6.42 Å². The van der Waals surface area contributed by atoms with Crippen LogP contribution in [0.2, 0.25) is 0 Å². The molecule has 0 saturated heterocycles. The summed E-state index contributed by atoms with van der Waals surface area (Å²) in [6, 6.07) is 7.18. The van der Waals surface area contributed by atoms with Crippen LogP contribution < -0.4 is 5.32 Å². The Morgan fingerprint density at radius 1 is 0.955 bits per heavy atom. The van der Waals surface area contributed by atoms with Crippen LogP contribution in [0, 0.1) is 0 Å². The summed E-state index contributed by atoms with van der Waals surface area (Å²) in [5.41, 5.74) is 1.38. The number of amides is 3. The van der Waals surface area contributed by atoms with Crippen molar-refractivity contribution in [1.82, 2.24) is 0 Å². The molecule has 0 spiro atoms. The second-order valence-electron chi connectivity index (χ2n) is 4.32. The van der Waals surface area contributed by atoms with Crippen molar-refractivity contribution >= 4 is 41.9 Å². The molecule has 0 atom stereocenters. The molecule has 0 bridgehead atoms. The van der Waals surface area contributed by atoms with Gasteiger partial charge >= 0.3 is 0 Å². The van der Waals surface area contributed by atoms with E-state index in [1.807, 2.05) is 12.1 Å². The molecular formula is C16H13N3O3. The molecule has 0 unspecified atom stereocenters. The molecule has 0 fully saturated rings. The third-order valence-electron chi connectivity index (χ3n) is 2.66. The molecule has 1 aromatic rings. The highest BCUT2D eigenvalue weighted by Gasteiger charge is 2.04. The van der Waals surface area contributed by atoms with Gasteiger partial charge in [-0.1, -0.05) is 42.5 Å². The van der Waals surface area contributed by atoms with Crippen LogP contribution in [0.1, 0.15) is 12.0 Å². The lowest BCUT2D eigenvalue weighted by Gasteiger charge is -2.05. The first-order chi connectivity index (χ1) is 10.6. The Morgan fingerprint density at radius 3 is 2.64 bits per heavy atom. The lowest BCUT2D eigenvalue weighted by Crippen LogP contribution is -2.14. The number of allylic oxidation sites excluding steroid dienone is 2. The number of anilines is 1. The largest absolute Gasteiger partial charge is 0.321 e. The minimum Gasteiger partial charge on any atom is -0.321 e. The summed E-state index contributed by atoms with van der Waals surface area (Å²) in [4.78, 5) is 41.3. The normalized spacial score (nSPS) is 21.7. The Hall–Kier alpha value is -3.15. The SMILES string of the molecule is O=C1/C=N\C(=O)C/C=C\C=C/c2ccccc2NC(=O)/C=N\1. The summed E-state index contributed by atoms with van der Waals surface area (Å²) in [5.74, 6) is -1.78. The first-order valence-electron chi connectivity index (χ1n) is 6.53. The van der Waals surface area contributed by atoms with Crippen molar-refractivity contribution < 1.29 is 14.4 Å². The molecule has 1 aromatic carbocycles. The van der Waals surface area contributed by atoms with Crippen molar-refractivity contribution in [2.45, 2.75) is 6.42 Å². The van der Waals surface area contributed by atoms with Gasteiger partial charge in [0.05, 0.1) is 12.4 Å². The number of fused-ring (bicyclic) bond motifs is 1. The maximum absolute atomic E-state index is 11.7. The van der Waals surface area contributed by atoms with Crippen LogP contribution in [0.15, 0.2) is 52.5 Å². The van der Waals surface area contributed by atoms with Crippen LogP contribution in [-0.2, 0) is 14.4 Å². The maximum atomic E-state index is 11.7. The van der Waals surface area contributed by atoms with Gasteiger partial charge in [-0.15, -0.1) is 0 Å². The summed E-state index contributed by atoms with van der Waals surface area (Å²) < 4.78 is 0. The Kier molecular flexibility index (Phi) is 5.25. The number of carbonyl (C=O) groups excluding carboxylic acids is 3. The molecule has 3 amide bonds. The van der Waals surface area contributed by atoms with Crippen molar-refractivity contribution in [3.8, 4) is 0 Å². The van der Waals surface area contributed by atoms with Gasteiger partial charge in [0.25, 0.3) is 11.8 Å². The number of aliphatic imine (C=N–C) groups is 2. The fraction of sp³-hybridized carbons (Fsp3) is 0.0625. The standard InChI is InChI=1S/C16H13N3O3/c20-14-9-3-1-2-6-12-7-4-5-8-13(12)19-16(22)11-18-15(21)10-17-14/h1-8,10-11H,9H2,(H,19,22)/b3-1-,6-2-,17-10-,18-11-. The monoisotopic (exact) mass is 295 g/mol. The van der Waals surface area contributed by atoms with Gasteiger partial charge in [0.1, 0.15) is 0 Å². The first kappa shape index (κ1) is 15.2. The van der Waals surface area contributed by atoms with Crippen molar-refractivity contribution in [3.63, 3.8) is 0 Å². The van der Waals surface area contributed by atoms with Crippen molar-refractivity contribution in [2.24, 2.45) is 9.98 Å². The number of benzene rings is 1. The van der Waals surface area contributed by atoms with Crippen molar-refractivity contribution in [1.29, 1.82) is 0 Å². The molecule has 0 radical (unpaired) electrons.